The molecule has 0 amide bonds. The highest BCUT2D eigenvalue weighted by molar-refractivity contribution is 14.1. The lowest BCUT2D eigenvalue weighted by Crippen LogP contribution is -2.43. The van der Waals surface area contributed by atoms with Gasteiger partial charge in [0.15, 0.2) is 0 Å². The van der Waals surface area contributed by atoms with Crippen molar-refractivity contribution in [2.75, 3.05) is 38.2 Å². The fourth-order valence-electron chi connectivity index (χ4n) is 1.74. The number of hydrogen-bond acceptors (Lipinski definition) is 4. The largest absolute Gasteiger partial charge is 0.397 e. The number of hydrogen-bond donors (Lipinski definition) is 3. The van der Waals surface area contributed by atoms with Crippen molar-refractivity contribution >= 4 is 34.0 Å². The Morgan fingerprint density at radius 1 is 1.50 bits per heavy atom. The minimum absolute atomic E-state index is 0.301. The Balaban J connectivity index is 2.72. The maximum Gasteiger partial charge on any atom is 0.138 e. The Morgan fingerprint density at radius 2 is 2.11 bits per heavy atom. The molecule has 1 atom stereocenters. The lowest BCUT2D eigenvalue weighted by Gasteiger charge is -2.27. The molecular formula is C12H19FIN3O. The molecule has 0 spiro atoms. The molecule has 1 rings (SSSR count). The maximum absolute atomic E-state index is 13.4. The molecule has 18 heavy (non-hydrogen) atoms. The van der Waals surface area contributed by atoms with Gasteiger partial charge in [-0.1, -0.05) is 0 Å². The Morgan fingerprint density at radius 3 is 2.67 bits per heavy atom. The van der Waals surface area contributed by atoms with Gasteiger partial charge in [-0.05, 0) is 49.7 Å². The third-order valence-corrected chi connectivity index (χ3v) is 3.24. The van der Waals surface area contributed by atoms with Crippen molar-refractivity contribution in [1.82, 2.24) is 4.90 Å². The van der Waals surface area contributed by atoms with Gasteiger partial charge in [0.1, 0.15) is 5.82 Å². The number of nitrogens with one attached hydrogen (secondary N) is 1. The van der Waals surface area contributed by atoms with Crippen LogP contribution in [-0.4, -0.2) is 42.8 Å². The van der Waals surface area contributed by atoms with Gasteiger partial charge in [-0.15, -0.1) is 0 Å². The van der Waals surface area contributed by atoms with Crippen LogP contribution in [0.4, 0.5) is 15.8 Å². The molecular weight excluding hydrogens is 348 g/mol. The van der Waals surface area contributed by atoms with E-state index in [1.807, 2.05) is 41.6 Å². The first kappa shape index (κ1) is 15.5. The maximum atomic E-state index is 13.4. The number of aliphatic hydroxyl groups is 1. The van der Waals surface area contributed by atoms with E-state index in [0.717, 1.165) is 0 Å². The fourth-order valence-corrected chi connectivity index (χ4v) is 2.23. The summed E-state index contributed by atoms with van der Waals surface area (Å²) in [5.74, 6) is -0.320. The van der Waals surface area contributed by atoms with Gasteiger partial charge in [-0.2, -0.15) is 0 Å². The number of anilines is 2. The molecule has 0 aliphatic rings. The molecule has 0 bridgehead atoms. The number of rotatable bonds is 5. The molecule has 0 saturated carbocycles. The van der Waals surface area contributed by atoms with Crippen LogP contribution in [0.1, 0.15) is 6.92 Å². The molecule has 0 aliphatic heterocycles. The minimum atomic E-state index is -0.907. The van der Waals surface area contributed by atoms with E-state index in [2.05, 4.69) is 5.32 Å². The normalized spacial score (nSPS) is 14.6. The van der Waals surface area contributed by atoms with Crippen LogP contribution >= 0.6 is 22.6 Å². The summed E-state index contributed by atoms with van der Waals surface area (Å²) in [6.07, 6.45) is 0. The second-order valence-electron chi connectivity index (χ2n) is 4.94. The molecule has 6 heteroatoms. The van der Waals surface area contributed by atoms with Crippen LogP contribution in [0.2, 0.25) is 0 Å². The molecule has 0 heterocycles. The van der Waals surface area contributed by atoms with Gasteiger partial charge < -0.3 is 21.1 Å². The van der Waals surface area contributed by atoms with Crippen LogP contribution < -0.4 is 11.1 Å². The van der Waals surface area contributed by atoms with Gasteiger partial charge >= 0.3 is 0 Å². The van der Waals surface area contributed by atoms with Crippen molar-refractivity contribution in [1.29, 1.82) is 0 Å². The minimum Gasteiger partial charge on any atom is -0.397 e. The summed E-state index contributed by atoms with van der Waals surface area (Å²) in [7, 11) is 3.76. The van der Waals surface area contributed by atoms with E-state index in [1.54, 1.807) is 13.0 Å². The Bertz CT molecular complexity index is 424. The SMILES string of the molecule is CN(C)CC(C)(O)CNc1cc(F)c(I)cc1N. The highest BCUT2D eigenvalue weighted by Gasteiger charge is 2.21. The number of benzene rings is 1. The molecule has 4 nitrogen and oxygen atoms in total. The quantitative estimate of drug-likeness (QED) is 0.548. The van der Waals surface area contributed by atoms with E-state index in [-0.39, 0.29) is 5.82 Å². The summed E-state index contributed by atoms with van der Waals surface area (Å²) in [6, 6.07) is 2.92. The summed E-state index contributed by atoms with van der Waals surface area (Å²) in [4.78, 5) is 1.89. The lowest BCUT2D eigenvalue weighted by molar-refractivity contribution is 0.0460. The first-order valence-electron chi connectivity index (χ1n) is 5.57. The lowest BCUT2D eigenvalue weighted by atomic mass is 10.1. The van der Waals surface area contributed by atoms with Crippen LogP contribution in [0, 0.1) is 9.39 Å². The van der Waals surface area contributed by atoms with Crippen molar-refractivity contribution in [2.24, 2.45) is 0 Å². The van der Waals surface area contributed by atoms with Gasteiger partial charge in [0.2, 0.25) is 0 Å². The molecule has 1 aromatic carbocycles. The van der Waals surface area contributed by atoms with Gasteiger partial charge in [0.25, 0.3) is 0 Å². The Labute approximate surface area is 120 Å². The van der Waals surface area contributed by atoms with E-state index in [0.29, 0.717) is 28.0 Å². The van der Waals surface area contributed by atoms with Crippen LogP contribution in [0.5, 0.6) is 0 Å². The first-order valence-corrected chi connectivity index (χ1v) is 6.65. The summed E-state index contributed by atoms with van der Waals surface area (Å²) >= 11 is 1.89. The van der Waals surface area contributed by atoms with E-state index in [1.165, 1.54) is 6.07 Å². The van der Waals surface area contributed by atoms with Crippen molar-refractivity contribution in [3.63, 3.8) is 0 Å². The summed E-state index contributed by atoms with van der Waals surface area (Å²) in [5, 5.41) is 13.1. The van der Waals surface area contributed by atoms with Crippen LogP contribution in [-0.2, 0) is 0 Å². The second kappa shape index (κ2) is 6.03. The average Bonchev–Trinajstić information content (AvgIpc) is 2.19. The van der Waals surface area contributed by atoms with Gasteiger partial charge in [0, 0.05) is 19.2 Å². The number of nitrogens with two attached hydrogens (primary N) is 1. The molecule has 4 N–H and O–H groups in total. The summed E-state index contributed by atoms with van der Waals surface area (Å²) in [5.41, 5.74) is 5.87. The zero-order valence-corrected chi connectivity index (χ0v) is 13.0. The number of halogens is 2. The molecule has 0 aliphatic carbocycles. The molecule has 0 saturated heterocycles. The standard InChI is InChI=1S/C12H19FIN3O/c1-12(18,7-17(2)3)6-16-11-4-8(13)9(14)5-10(11)15/h4-5,16,18H,6-7,15H2,1-3H3. The molecule has 102 valence electrons. The van der Waals surface area contributed by atoms with Crippen molar-refractivity contribution in [3.8, 4) is 0 Å². The van der Waals surface area contributed by atoms with E-state index in [9.17, 15) is 9.50 Å². The molecule has 1 unspecified atom stereocenters. The predicted octanol–water partition coefficient (Wildman–Crippen LogP) is 1.74. The highest BCUT2D eigenvalue weighted by atomic mass is 127. The fraction of sp³-hybridized carbons (Fsp3) is 0.500. The number of likely N-dealkylation sites (N-methyl/N-ethyl adjacent to an activating group) is 1. The monoisotopic (exact) mass is 367 g/mol. The van der Waals surface area contributed by atoms with Crippen molar-refractivity contribution in [3.05, 3.63) is 21.5 Å². The Kier molecular flexibility index (Phi) is 5.18. The first-order chi connectivity index (χ1) is 8.21. The van der Waals surface area contributed by atoms with Crippen molar-refractivity contribution < 1.29 is 9.50 Å². The van der Waals surface area contributed by atoms with Crippen LogP contribution in [0.3, 0.4) is 0 Å². The molecule has 0 radical (unpaired) electrons. The number of nitrogens with zero attached hydrogens (tertiary/aromatic N) is 1. The molecule has 0 aromatic heterocycles. The van der Waals surface area contributed by atoms with Gasteiger partial charge in [-0.25, -0.2) is 4.39 Å². The highest BCUT2D eigenvalue weighted by Crippen LogP contribution is 2.24. The van der Waals surface area contributed by atoms with E-state index < -0.39 is 5.60 Å². The molecule has 1 aromatic rings. The topological polar surface area (TPSA) is 61.5 Å². The average molecular weight is 367 g/mol. The third-order valence-electron chi connectivity index (χ3n) is 2.41. The van der Waals surface area contributed by atoms with E-state index >= 15 is 0 Å². The zero-order valence-electron chi connectivity index (χ0n) is 10.8. The summed E-state index contributed by atoms with van der Waals surface area (Å²) < 4.78 is 13.9. The number of nitrogen functional groups attached to an aromatic ring is 1. The van der Waals surface area contributed by atoms with Crippen LogP contribution in [0.25, 0.3) is 0 Å². The molecule has 0 fully saturated rings. The van der Waals surface area contributed by atoms with Gasteiger partial charge in [0.05, 0.1) is 20.5 Å². The predicted molar refractivity (Wildman–Crippen MR) is 81.2 cm³/mol. The van der Waals surface area contributed by atoms with E-state index in [4.69, 9.17) is 5.73 Å². The van der Waals surface area contributed by atoms with Gasteiger partial charge in [-0.3, -0.25) is 0 Å². The Hall–Kier alpha value is -0.600. The second-order valence-corrected chi connectivity index (χ2v) is 6.10. The zero-order chi connectivity index (χ0) is 13.9. The third kappa shape index (κ3) is 4.58. The van der Waals surface area contributed by atoms with Crippen LogP contribution in [0.15, 0.2) is 12.1 Å². The smallest absolute Gasteiger partial charge is 0.138 e. The van der Waals surface area contributed by atoms with Crippen molar-refractivity contribution in [2.45, 2.75) is 12.5 Å². The summed E-state index contributed by atoms with van der Waals surface area (Å²) in [6.45, 7) is 2.53.